The van der Waals surface area contributed by atoms with Gasteiger partial charge in [-0.2, -0.15) is 5.10 Å². The first-order valence-corrected chi connectivity index (χ1v) is 9.96. The van der Waals surface area contributed by atoms with E-state index in [1.54, 1.807) is 24.4 Å². The summed E-state index contributed by atoms with van der Waals surface area (Å²) >= 11 is 11.8. The third-order valence-electron chi connectivity index (χ3n) is 3.80. The third kappa shape index (κ3) is 8.19. The number of rotatable bonds is 11. The van der Waals surface area contributed by atoms with Gasteiger partial charge >= 0.3 is 0 Å². The molecule has 0 fully saturated rings. The topological polar surface area (TPSA) is 59.9 Å². The quantitative estimate of drug-likeness (QED) is 0.296. The molecule has 0 radical (unpaired) electrons. The fourth-order valence-corrected chi connectivity index (χ4v) is 2.78. The highest BCUT2D eigenvalue weighted by molar-refractivity contribution is 6.35. The molecule has 0 unspecified atom stereocenters. The summed E-state index contributed by atoms with van der Waals surface area (Å²) in [5.41, 5.74) is 3.25. The van der Waals surface area contributed by atoms with Crippen LogP contribution in [0.15, 0.2) is 47.6 Å². The highest BCUT2D eigenvalue weighted by atomic mass is 35.5. The van der Waals surface area contributed by atoms with Crippen LogP contribution in [0.5, 0.6) is 11.5 Å². The lowest BCUT2D eigenvalue weighted by molar-refractivity contribution is -0.123. The highest BCUT2D eigenvalue weighted by Gasteiger charge is 2.05. The fraction of sp³-hybridized carbons (Fsp3) is 0.333. The van der Waals surface area contributed by atoms with Gasteiger partial charge in [-0.1, -0.05) is 49.4 Å². The molecule has 0 spiro atoms. The van der Waals surface area contributed by atoms with Crippen molar-refractivity contribution in [2.75, 3.05) is 13.2 Å². The first kappa shape index (κ1) is 22.1. The minimum atomic E-state index is -0.394. The number of halogens is 2. The number of hydrazone groups is 1. The third-order valence-corrected chi connectivity index (χ3v) is 4.33. The molecule has 2 rings (SSSR count). The molecule has 7 heteroatoms. The summed E-state index contributed by atoms with van der Waals surface area (Å²) in [4.78, 5) is 11.8. The molecule has 0 saturated carbocycles. The molecule has 0 bridgehead atoms. The number of ether oxygens (including phenoxy) is 2. The Bertz CT molecular complexity index is 780. The zero-order valence-corrected chi connectivity index (χ0v) is 17.3. The molecule has 28 heavy (non-hydrogen) atoms. The monoisotopic (exact) mass is 422 g/mol. The Morgan fingerprint density at radius 1 is 1.07 bits per heavy atom. The second-order valence-electron chi connectivity index (χ2n) is 6.13. The van der Waals surface area contributed by atoms with Crippen molar-refractivity contribution in [2.45, 2.75) is 32.6 Å². The number of carbonyl (C=O) groups excluding carboxylic acids is 1. The summed E-state index contributed by atoms with van der Waals surface area (Å²) < 4.78 is 11.0. The Kier molecular flexibility index (Phi) is 9.66. The van der Waals surface area contributed by atoms with E-state index < -0.39 is 5.91 Å². The van der Waals surface area contributed by atoms with Crippen LogP contribution in [0.3, 0.4) is 0 Å². The summed E-state index contributed by atoms with van der Waals surface area (Å²) in [5, 5.41) is 4.76. The van der Waals surface area contributed by atoms with E-state index in [-0.39, 0.29) is 6.61 Å². The largest absolute Gasteiger partial charge is 0.494 e. The molecule has 2 aromatic carbocycles. The van der Waals surface area contributed by atoms with Crippen LogP contribution in [0, 0.1) is 0 Å². The Labute approximate surface area is 175 Å². The number of nitrogens with one attached hydrogen (secondary N) is 1. The Morgan fingerprint density at radius 3 is 2.57 bits per heavy atom. The number of carbonyl (C=O) groups is 1. The highest BCUT2D eigenvalue weighted by Crippen LogP contribution is 2.27. The van der Waals surface area contributed by atoms with Gasteiger partial charge in [0.1, 0.15) is 11.5 Å². The molecule has 0 saturated heterocycles. The molecule has 150 valence electrons. The lowest BCUT2D eigenvalue weighted by atomic mass is 10.2. The van der Waals surface area contributed by atoms with Crippen molar-refractivity contribution in [2.24, 2.45) is 5.10 Å². The number of nitrogens with zero attached hydrogens (tertiary/aromatic N) is 1. The van der Waals surface area contributed by atoms with Gasteiger partial charge in [0.2, 0.25) is 0 Å². The number of amides is 1. The van der Waals surface area contributed by atoms with E-state index in [9.17, 15) is 4.79 Å². The molecule has 1 amide bonds. The zero-order chi connectivity index (χ0) is 20.2. The lowest BCUT2D eigenvalue weighted by Crippen LogP contribution is -2.24. The average Bonchev–Trinajstić information content (AvgIpc) is 2.68. The van der Waals surface area contributed by atoms with E-state index in [4.69, 9.17) is 32.7 Å². The van der Waals surface area contributed by atoms with Gasteiger partial charge in [-0.05, 0) is 54.4 Å². The Morgan fingerprint density at radius 2 is 1.86 bits per heavy atom. The van der Waals surface area contributed by atoms with Crippen LogP contribution in [0.25, 0.3) is 0 Å². The van der Waals surface area contributed by atoms with Crippen LogP contribution in [0.2, 0.25) is 10.0 Å². The molecule has 0 aliphatic heterocycles. The van der Waals surface area contributed by atoms with Crippen LogP contribution < -0.4 is 14.9 Å². The molecule has 0 atom stereocenters. The van der Waals surface area contributed by atoms with Crippen molar-refractivity contribution >= 4 is 35.3 Å². The molecule has 2 aromatic rings. The molecular formula is C21H24Cl2N2O3. The molecule has 1 N–H and O–H groups in total. The minimum absolute atomic E-state index is 0.205. The van der Waals surface area contributed by atoms with Gasteiger partial charge in [0.15, 0.2) is 6.61 Å². The van der Waals surface area contributed by atoms with Gasteiger partial charge in [0, 0.05) is 5.02 Å². The van der Waals surface area contributed by atoms with E-state index in [0.29, 0.717) is 15.8 Å². The number of hydrogen-bond acceptors (Lipinski definition) is 4. The predicted octanol–water partition coefficient (Wildman–Crippen LogP) is 5.48. The van der Waals surface area contributed by atoms with E-state index in [1.807, 2.05) is 24.3 Å². The molecule has 0 aliphatic carbocycles. The first-order chi connectivity index (χ1) is 13.6. The van der Waals surface area contributed by atoms with Crippen molar-refractivity contribution < 1.29 is 14.3 Å². The molecule has 0 heterocycles. The molecule has 5 nitrogen and oxygen atoms in total. The van der Waals surface area contributed by atoms with Crippen LogP contribution >= 0.6 is 23.2 Å². The maximum Gasteiger partial charge on any atom is 0.277 e. The molecule has 0 aliphatic rings. The number of unbranched alkanes of at least 4 members (excludes halogenated alkanes) is 3. The minimum Gasteiger partial charge on any atom is -0.494 e. The molecular weight excluding hydrogens is 399 g/mol. The van der Waals surface area contributed by atoms with Crippen LogP contribution in [-0.4, -0.2) is 25.3 Å². The standard InChI is InChI=1S/C21H24Cl2N2O3/c1-2-3-4-5-12-27-18-9-6-16(7-10-18)14-24-25-21(26)15-28-20-11-8-17(22)13-19(20)23/h6-11,13-14H,2-5,12,15H2,1H3,(H,25,26)/b24-14+. The summed E-state index contributed by atoms with van der Waals surface area (Å²) in [6, 6.07) is 12.3. The van der Waals surface area contributed by atoms with Crippen molar-refractivity contribution in [1.29, 1.82) is 0 Å². The zero-order valence-electron chi connectivity index (χ0n) is 15.8. The van der Waals surface area contributed by atoms with Gasteiger partial charge in [0.25, 0.3) is 5.91 Å². The number of hydrogen-bond donors (Lipinski definition) is 1. The first-order valence-electron chi connectivity index (χ1n) is 9.21. The smallest absolute Gasteiger partial charge is 0.277 e. The Hall–Kier alpha value is -2.24. The van der Waals surface area contributed by atoms with Gasteiger partial charge in [0.05, 0.1) is 17.8 Å². The SMILES string of the molecule is CCCCCCOc1ccc(/C=N/NC(=O)COc2ccc(Cl)cc2Cl)cc1. The van der Waals surface area contributed by atoms with Gasteiger partial charge < -0.3 is 9.47 Å². The maximum absolute atomic E-state index is 11.8. The predicted molar refractivity (Wildman–Crippen MR) is 114 cm³/mol. The number of benzene rings is 2. The summed E-state index contributed by atoms with van der Waals surface area (Å²) in [6.45, 7) is 2.70. The van der Waals surface area contributed by atoms with E-state index in [1.165, 1.54) is 19.3 Å². The fourth-order valence-electron chi connectivity index (χ4n) is 2.32. The normalized spacial score (nSPS) is 10.8. The summed E-state index contributed by atoms with van der Waals surface area (Å²) in [5.74, 6) is 0.815. The van der Waals surface area contributed by atoms with Crippen LogP contribution in [0.4, 0.5) is 0 Å². The average molecular weight is 423 g/mol. The van der Waals surface area contributed by atoms with E-state index >= 15 is 0 Å². The second kappa shape index (κ2) is 12.3. The van der Waals surface area contributed by atoms with Gasteiger partial charge in [-0.15, -0.1) is 0 Å². The summed E-state index contributed by atoms with van der Waals surface area (Å²) in [7, 11) is 0. The van der Waals surface area contributed by atoms with Gasteiger partial charge in [-0.3, -0.25) is 4.79 Å². The van der Waals surface area contributed by atoms with Crippen molar-refractivity contribution in [3.05, 3.63) is 58.1 Å². The Balaban J connectivity index is 1.70. The van der Waals surface area contributed by atoms with Crippen LogP contribution in [-0.2, 0) is 4.79 Å². The molecule has 0 aromatic heterocycles. The van der Waals surface area contributed by atoms with E-state index in [0.717, 1.165) is 24.3 Å². The van der Waals surface area contributed by atoms with Crippen LogP contribution in [0.1, 0.15) is 38.2 Å². The van der Waals surface area contributed by atoms with Crippen molar-refractivity contribution in [3.8, 4) is 11.5 Å². The lowest BCUT2D eigenvalue weighted by Gasteiger charge is -2.07. The van der Waals surface area contributed by atoms with E-state index in [2.05, 4.69) is 17.5 Å². The summed E-state index contributed by atoms with van der Waals surface area (Å²) in [6.07, 6.45) is 6.26. The van der Waals surface area contributed by atoms with Crippen molar-refractivity contribution in [1.82, 2.24) is 5.43 Å². The van der Waals surface area contributed by atoms with Gasteiger partial charge in [-0.25, -0.2) is 5.43 Å². The second-order valence-corrected chi connectivity index (χ2v) is 6.98. The van der Waals surface area contributed by atoms with Crippen molar-refractivity contribution in [3.63, 3.8) is 0 Å². The maximum atomic E-state index is 11.8.